The minimum atomic E-state index is -0.326. The molecule has 1 unspecified atom stereocenters. The van der Waals surface area contributed by atoms with Crippen LogP contribution in [0.3, 0.4) is 0 Å². The number of aromatic amines is 1. The lowest BCUT2D eigenvalue weighted by molar-refractivity contribution is 0.162. The van der Waals surface area contributed by atoms with Crippen molar-refractivity contribution < 1.29 is 5.11 Å². The number of rotatable bonds is 6. The summed E-state index contributed by atoms with van der Waals surface area (Å²) in [4.78, 5) is 22.9. The molecule has 3 aromatic rings. The first-order chi connectivity index (χ1) is 11.5. The van der Waals surface area contributed by atoms with E-state index < -0.39 is 0 Å². The van der Waals surface area contributed by atoms with Gasteiger partial charge in [0, 0.05) is 17.5 Å². The Morgan fingerprint density at radius 2 is 2.08 bits per heavy atom. The highest BCUT2D eigenvalue weighted by Gasteiger charge is 2.13. The third kappa shape index (κ3) is 3.72. The van der Waals surface area contributed by atoms with E-state index in [1.807, 2.05) is 47.7 Å². The van der Waals surface area contributed by atoms with Gasteiger partial charge >= 0.3 is 0 Å². The fourth-order valence-electron chi connectivity index (χ4n) is 2.64. The highest BCUT2D eigenvalue weighted by atomic mass is 32.1. The van der Waals surface area contributed by atoms with Crippen LogP contribution >= 0.6 is 11.3 Å². The summed E-state index contributed by atoms with van der Waals surface area (Å²) in [6.07, 6.45) is 0.368. The summed E-state index contributed by atoms with van der Waals surface area (Å²) < 4.78 is 0. The van der Waals surface area contributed by atoms with Gasteiger partial charge in [-0.3, -0.25) is 9.69 Å². The van der Waals surface area contributed by atoms with Crippen LogP contribution in [0.1, 0.15) is 19.2 Å². The molecule has 0 spiro atoms. The Balaban J connectivity index is 1.88. The third-order valence-corrected chi connectivity index (χ3v) is 4.80. The standard InChI is InChI=1S/C18H21N3O2S/c1-12(22)8-9-21(2)10-15-19-17(23)16-14(11-24-18(16)20-15)13-6-4-3-5-7-13/h3-7,11-12,22H,8-10H2,1-2H3,(H,19,20,23). The number of aliphatic hydroxyl groups is 1. The van der Waals surface area contributed by atoms with Crippen LogP contribution in [0.5, 0.6) is 0 Å². The summed E-state index contributed by atoms with van der Waals surface area (Å²) in [5.41, 5.74) is 1.86. The maximum Gasteiger partial charge on any atom is 0.260 e. The molecule has 3 rings (SSSR count). The Morgan fingerprint density at radius 1 is 1.33 bits per heavy atom. The molecule has 0 aliphatic rings. The smallest absolute Gasteiger partial charge is 0.260 e. The average molecular weight is 343 g/mol. The van der Waals surface area contributed by atoms with Crippen molar-refractivity contribution in [1.82, 2.24) is 14.9 Å². The molecular weight excluding hydrogens is 322 g/mol. The summed E-state index contributed by atoms with van der Waals surface area (Å²) in [6, 6.07) is 9.89. The van der Waals surface area contributed by atoms with Crippen molar-refractivity contribution in [3.8, 4) is 11.1 Å². The fourth-order valence-corrected chi connectivity index (χ4v) is 3.61. The summed E-state index contributed by atoms with van der Waals surface area (Å²) >= 11 is 1.49. The molecule has 1 atom stereocenters. The molecule has 0 bridgehead atoms. The second-order valence-corrected chi connectivity index (χ2v) is 6.94. The van der Waals surface area contributed by atoms with E-state index in [0.29, 0.717) is 24.2 Å². The van der Waals surface area contributed by atoms with Gasteiger partial charge in [-0.2, -0.15) is 0 Å². The lowest BCUT2D eigenvalue weighted by Gasteiger charge is -2.16. The molecule has 0 saturated carbocycles. The topological polar surface area (TPSA) is 69.2 Å². The zero-order valence-electron chi connectivity index (χ0n) is 13.8. The zero-order valence-corrected chi connectivity index (χ0v) is 14.6. The largest absolute Gasteiger partial charge is 0.393 e. The van der Waals surface area contributed by atoms with Gasteiger partial charge in [-0.05, 0) is 26.0 Å². The van der Waals surface area contributed by atoms with Crippen LogP contribution in [0.15, 0.2) is 40.5 Å². The first-order valence-electron chi connectivity index (χ1n) is 7.97. The van der Waals surface area contributed by atoms with Gasteiger partial charge in [0.1, 0.15) is 10.7 Å². The van der Waals surface area contributed by atoms with Crippen LogP contribution in [0.2, 0.25) is 0 Å². The van der Waals surface area contributed by atoms with Crippen molar-refractivity contribution in [3.63, 3.8) is 0 Å². The van der Waals surface area contributed by atoms with E-state index in [0.717, 1.165) is 22.5 Å². The predicted molar refractivity (Wildman–Crippen MR) is 98.3 cm³/mol. The van der Waals surface area contributed by atoms with Gasteiger partial charge < -0.3 is 10.1 Å². The molecule has 2 heterocycles. The molecule has 0 aliphatic carbocycles. The van der Waals surface area contributed by atoms with Gasteiger partial charge in [0.2, 0.25) is 0 Å². The van der Waals surface area contributed by atoms with E-state index in [9.17, 15) is 9.90 Å². The Hall–Kier alpha value is -2.02. The molecule has 0 saturated heterocycles. The van der Waals surface area contributed by atoms with Gasteiger partial charge in [0.15, 0.2) is 0 Å². The second-order valence-electron chi connectivity index (χ2n) is 6.08. The highest BCUT2D eigenvalue weighted by molar-refractivity contribution is 7.17. The van der Waals surface area contributed by atoms with Crippen LogP contribution in [0, 0.1) is 0 Å². The van der Waals surface area contributed by atoms with E-state index >= 15 is 0 Å². The van der Waals surface area contributed by atoms with E-state index in [2.05, 4.69) is 9.97 Å². The lowest BCUT2D eigenvalue weighted by atomic mass is 10.1. The van der Waals surface area contributed by atoms with E-state index in [-0.39, 0.29) is 11.7 Å². The van der Waals surface area contributed by atoms with Crippen LogP contribution in [-0.2, 0) is 6.54 Å². The molecule has 2 N–H and O–H groups in total. The number of hydrogen-bond acceptors (Lipinski definition) is 5. The number of nitrogens with one attached hydrogen (secondary N) is 1. The molecule has 6 heteroatoms. The molecule has 126 valence electrons. The van der Waals surface area contributed by atoms with Gasteiger partial charge in [0.25, 0.3) is 5.56 Å². The minimum absolute atomic E-state index is 0.0981. The molecule has 0 amide bonds. The summed E-state index contributed by atoms with van der Waals surface area (Å²) in [5, 5.41) is 12.0. The number of hydrogen-bond donors (Lipinski definition) is 2. The number of nitrogens with zero attached hydrogens (tertiary/aromatic N) is 2. The average Bonchev–Trinajstić information content (AvgIpc) is 2.98. The van der Waals surface area contributed by atoms with Crippen molar-refractivity contribution in [3.05, 3.63) is 51.9 Å². The van der Waals surface area contributed by atoms with Gasteiger partial charge in [-0.15, -0.1) is 11.3 Å². The number of aromatic nitrogens is 2. The predicted octanol–water partition coefficient (Wildman–Crippen LogP) is 2.85. The number of aliphatic hydroxyl groups excluding tert-OH is 1. The molecule has 2 aromatic heterocycles. The monoisotopic (exact) mass is 343 g/mol. The first-order valence-corrected chi connectivity index (χ1v) is 8.85. The molecule has 0 fully saturated rings. The highest BCUT2D eigenvalue weighted by Crippen LogP contribution is 2.30. The van der Waals surface area contributed by atoms with Gasteiger partial charge in [-0.1, -0.05) is 30.3 Å². The number of fused-ring (bicyclic) bond motifs is 1. The van der Waals surface area contributed by atoms with Gasteiger partial charge in [0.05, 0.1) is 18.0 Å². The summed E-state index contributed by atoms with van der Waals surface area (Å²) in [5.74, 6) is 0.655. The Kier molecular flexibility index (Phi) is 5.08. The maximum absolute atomic E-state index is 12.6. The summed E-state index contributed by atoms with van der Waals surface area (Å²) in [7, 11) is 1.95. The number of thiophene rings is 1. The van der Waals surface area contributed by atoms with Crippen molar-refractivity contribution in [2.45, 2.75) is 26.0 Å². The molecule has 0 aliphatic heterocycles. The van der Waals surface area contributed by atoms with Crippen molar-refractivity contribution in [1.29, 1.82) is 0 Å². The second kappa shape index (κ2) is 7.25. The van der Waals surface area contributed by atoms with Crippen molar-refractivity contribution in [2.24, 2.45) is 0 Å². The number of H-pyrrole nitrogens is 1. The Bertz CT molecular complexity index is 871. The SMILES string of the molecule is CC(O)CCN(C)Cc1nc2scc(-c3ccccc3)c2c(=O)[nH]1. The lowest BCUT2D eigenvalue weighted by Crippen LogP contribution is -2.24. The third-order valence-electron chi connectivity index (χ3n) is 3.93. The van der Waals surface area contributed by atoms with E-state index in [1.165, 1.54) is 11.3 Å². The first kappa shape index (κ1) is 16.8. The van der Waals surface area contributed by atoms with Gasteiger partial charge in [-0.25, -0.2) is 4.98 Å². The van der Waals surface area contributed by atoms with E-state index in [4.69, 9.17) is 0 Å². The number of benzene rings is 1. The molecular formula is C18H21N3O2S. The molecule has 24 heavy (non-hydrogen) atoms. The van der Waals surface area contributed by atoms with Crippen molar-refractivity contribution >= 4 is 21.6 Å². The van der Waals surface area contributed by atoms with Crippen LogP contribution < -0.4 is 5.56 Å². The Morgan fingerprint density at radius 3 is 2.79 bits per heavy atom. The van der Waals surface area contributed by atoms with Crippen LogP contribution in [0.4, 0.5) is 0 Å². The molecule has 5 nitrogen and oxygen atoms in total. The zero-order chi connectivity index (χ0) is 17.1. The maximum atomic E-state index is 12.6. The fraction of sp³-hybridized carbons (Fsp3) is 0.333. The molecule has 1 aromatic carbocycles. The van der Waals surface area contributed by atoms with Crippen LogP contribution in [0.25, 0.3) is 21.3 Å². The normalized spacial score (nSPS) is 12.8. The minimum Gasteiger partial charge on any atom is -0.393 e. The Labute approximate surface area is 144 Å². The van der Waals surface area contributed by atoms with E-state index in [1.54, 1.807) is 6.92 Å². The quantitative estimate of drug-likeness (QED) is 0.722. The van der Waals surface area contributed by atoms with Crippen LogP contribution in [-0.4, -0.2) is 39.7 Å². The summed E-state index contributed by atoms with van der Waals surface area (Å²) in [6.45, 7) is 3.08. The molecule has 0 radical (unpaired) electrons. The van der Waals surface area contributed by atoms with Crippen molar-refractivity contribution in [2.75, 3.05) is 13.6 Å².